The normalized spacial score (nSPS) is 15.5. The molecule has 4 nitrogen and oxygen atoms in total. The molecule has 1 amide bonds. The van der Waals surface area contributed by atoms with Crippen molar-refractivity contribution in [1.82, 2.24) is 5.32 Å². The molecule has 72 valence electrons. The van der Waals surface area contributed by atoms with Gasteiger partial charge in [-0.25, -0.2) is 0 Å². The minimum atomic E-state index is -0.803. The summed E-state index contributed by atoms with van der Waals surface area (Å²) in [6.07, 6.45) is 2.00. The summed E-state index contributed by atoms with van der Waals surface area (Å²) in [6.45, 7) is 3.13. The van der Waals surface area contributed by atoms with Crippen LogP contribution in [0.25, 0.3) is 0 Å². The first-order chi connectivity index (χ1) is 5.54. The van der Waals surface area contributed by atoms with Crippen molar-refractivity contribution in [3.63, 3.8) is 0 Å². The number of hydrogen-bond acceptors (Lipinski definition) is 3. The topological polar surface area (TPSA) is 72.2 Å². The number of amides is 1. The zero-order valence-electron chi connectivity index (χ0n) is 7.50. The standard InChI is InChI=1S/C7H16N2O2S/c1-6(12(2)11)5-9-4-3-7(8)10/h6,9H,3-5H2,1-2H3,(H2,8,10). The number of rotatable bonds is 6. The molecule has 0 radical (unpaired) electrons. The first-order valence-corrected chi connectivity index (χ1v) is 5.47. The van der Waals surface area contributed by atoms with Gasteiger partial charge in [-0.3, -0.25) is 9.00 Å². The van der Waals surface area contributed by atoms with Crippen LogP contribution in [0.5, 0.6) is 0 Å². The van der Waals surface area contributed by atoms with Gasteiger partial charge in [0.1, 0.15) is 0 Å². The number of carbonyl (C=O) groups excluding carboxylic acids is 1. The van der Waals surface area contributed by atoms with Crippen LogP contribution in [0, 0.1) is 0 Å². The molecular formula is C7H16N2O2S. The van der Waals surface area contributed by atoms with Crippen molar-refractivity contribution in [1.29, 1.82) is 0 Å². The van der Waals surface area contributed by atoms with Crippen LogP contribution in [-0.2, 0) is 15.6 Å². The first-order valence-electron chi connectivity index (χ1n) is 3.85. The Balaban J connectivity index is 3.31. The van der Waals surface area contributed by atoms with Crippen LogP contribution in [0.1, 0.15) is 13.3 Å². The minimum absolute atomic E-state index is 0.123. The second kappa shape index (κ2) is 6.14. The Morgan fingerprint density at radius 3 is 2.67 bits per heavy atom. The lowest BCUT2D eigenvalue weighted by atomic mass is 10.4. The van der Waals surface area contributed by atoms with Crippen LogP contribution < -0.4 is 11.1 Å². The summed E-state index contributed by atoms with van der Waals surface area (Å²) in [4.78, 5) is 10.3. The lowest BCUT2D eigenvalue weighted by Crippen LogP contribution is -2.30. The molecule has 0 aromatic heterocycles. The quantitative estimate of drug-likeness (QED) is 0.542. The summed E-state index contributed by atoms with van der Waals surface area (Å²) in [6, 6.07) is 0. The van der Waals surface area contributed by atoms with Gasteiger partial charge in [0.15, 0.2) is 0 Å². The highest BCUT2D eigenvalue weighted by Gasteiger charge is 2.04. The van der Waals surface area contributed by atoms with Crippen LogP contribution in [0.2, 0.25) is 0 Å². The maximum atomic E-state index is 10.9. The Morgan fingerprint density at radius 2 is 2.25 bits per heavy atom. The molecule has 0 aromatic rings. The lowest BCUT2D eigenvalue weighted by molar-refractivity contribution is -0.117. The molecule has 0 spiro atoms. The van der Waals surface area contributed by atoms with Gasteiger partial charge in [0, 0.05) is 41.8 Å². The highest BCUT2D eigenvalue weighted by molar-refractivity contribution is 7.84. The summed E-state index contributed by atoms with van der Waals surface area (Å²) < 4.78 is 10.9. The summed E-state index contributed by atoms with van der Waals surface area (Å²) in [5, 5.41) is 3.13. The van der Waals surface area contributed by atoms with Gasteiger partial charge in [-0.05, 0) is 6.92 Å². The molecule has 2 atom stereocenters. The molecule has 0 heterocycles. The summed E-state index contributed by atoms with van der Waals surface area (Å²) in [5.41, 5.74) is 4.93. The zero-order valence-corrected chi connectivity index (χ0v) is 8.32. The largest absolute Gasteiger partial charge is 0.370 e. The molecule has 0 aliphatic rings. The van der Waals surface area contributed by atoms with Crippen LogP contribution in [-0.4, -0.2) is 34.7 Å². The van der Waals surface area contributed by atoms with E-state index in [1.54, 1.807) is 6.26 Å². The van der Waals surface area contributed by atoms with Crippen molar-refractivity contribution in [2.45, 2.75) is 18.6 Å². The van der Waals surface area contributed by atoms with Gasteiger partial charge in [0.25, 0.3) is 0 Å². The molecule has 0 fully saturated rings. The van der Waals surface area contributed by atoms with Crippen molar-refractivity contribution in [2.24, 2.45) is 5.73 Å². The van der Waals surface area contributed by atoms with Crippen molar-refractivity contribution in [2.75, 3.05) is 19.3 Å². The van der Waals surface area contributed by atoms with E-state index < -0.39 is 10.8 Å². The molecule has 0 aromatic carbocycles. The molecular weight excluding hydrogens is 176 g/mol. The zero-order chi connectivity index (χ0) is 9.56. The third-order valence-corrected chi connectivity index (χ3v) is 2.85. The van der Waals surface area contributed by atoms with Crippen LogP contribution in [0.3, 0.4) is 0 Å². The van der Waals surface area contributed by atoms with E-state index in [-0.39, 0.29) is 11.2 Å². The molecule has 0 saturated heterocycles. The van der Waals surface area contributed by atoms with E-state index in [0.717, 1.165) is 0 Å². The number of carbonyl (C=O) groups is 1. The Labute approximate surface area is 75.4 Å². The van der Waals surface area contributed by atoms with Crippen LogP contribution >= 0.6 is 0 Å². The average Bonchev–Trinajstić information content (AvgIpc) is 1.97. The van der Waals surface area contributed by atoms with E-state index in [0.29, 0.717) is 19.5 Å². The highest BCUT2D eigenvalue weighted by atomic mass is 32.2. The smallest absolute Gasteiger partial charge is 0.218 e. The molecule has 5 heteroatoms. The number of primary amides is 1. The van der Waals surface area contributed by atoms with Gasteiger partial charge in [-0.15, -0.1) is 0 Å². The Morgan fingerprint density at radius 1 is 1.67 bits per heavy atom. The van der Waals surface area contributed by atoms with Crippen molar-refractivity contribution in [3.05, 3.63) is 0 Å². The molecule has 0 aliphatic carbocycles. The molecule has 2 unspecified atom stereocenters. The predicted molar refractivity (Wildman–Crippen MR) is 50.2 cm³/mol. The summed E-state index contributed by atoms with van der Waals surface area (Å²) in [5.74, 6) is -0.312. The van der Waals surface area contributed by atoms with Crippen molar-refractivity contribution in [3.8, 4) is 0 Å². The second-order valence-corrected chi connectivity index (χ2v) is 4.53. The van der Waals surface area contributed by atoms with Gasteiger partial charge >= 0.3 is 0 Å². The summed E-state index contributed by atoms with van der Waals surface area (Å²) in [7, 11) is -0.803. The number of nitrogens with two attached hydrogens (primary N) is 1. The van der Waals surface area contributed by atoms with E-state index in [2.05, 4.69) is 5.32 Å². The van der Waals surface area contributed by atoms with Crippen molar-refractivity contribution < 1.29 is 9.00 Å². The van der Waals surface area contributed by atoms with Crippen molar-refractivity contribution >= 4 is 16.7 Å². The lowest BCUT2D eigenvalue weighted by Gasteiger charge is -2.08. The molecule has 0 saturated carbocycles. The van der Waals surface area contributed by atoms with Crippen LogP contribution in [0.4, 0.5) is 0 Å². The Kier molecular flexibility index (Phi) is 5.92. The fourth-order valence-corrected chi connectivity index (χ4v) is 0.987. The van der Waals surface area contributed by atoms with Gasteiger partial charge in [-0.1, -0.05) is 0 Å². The first kappa shape index (κ1) is 11.6. The van der Waals surface area contributed by atoms with Gasteiger partial charge in [0.2, 0.25) is 5.91 Å². The van der Waals surface area contributed by atoms with Gasteiger partial charge in [0.05, 0.1) is 0 Å². The Hall–Kier alpha value is -0.420. The fraction of sp³-hybridized carbons (Fsp3) is 0.857. The van der Waals surface area contributed by atoms with Crippen LogP contribution in [0.15, 0.2) is 0 Å². The van der Waals surface area contributed by atoms with E-state index in [1.807, 2.05) is 6.92 Å². The van der Waals surface area contributed by atoms with E-state index >= 15 is 0 Å². The summed E-state index contributed by atoms with van der Waals surface area (Å²) >= 11 is 0. The Bertz CT molecular complexity index is 173. The van der Waals surface area contributed by atoms with Gasteiger partial charge in [-0.2, -0.15) is 0 Å². The average molecular weight is 192 g/mol. The van der Waals surface area contributed by atoms with E-state index in [9.17, 15) is 9.00 Å². The molecule has 3 N–H and O–H groups in total. The monoisotopic (exact) mass is 192 g/mol. The second-order valence-electron chi connectivity index (χ2n) is 2.73. The SMILES string of the molecule is CC(CNCCC(N)=O)S(C)=O. The maximum absolute atomic E-state index is 10.9. The third kappa shape index (κ3) is 6.30. The third-order valence-electron chi connectivity index (χ3n) is 1.55. The predicted octanol–water partition coefficient (Wildman–Crippen LogP) is -0.782. The maximum Gasteiger partial charge on any atom is 0.218 e. The minimum Gasteiger partial charge on any atom is -0.370 e. The fourth-order valence-electron chi connectivity index (χ4n) is 0.634. The highest BCUT2D eigenvalue weighted by Crippen LogP contribution is 1.89. The van der Waals surface area contributed by atoms with E-state index in [4.69, 9.17) is 5.73 Å². The number of nitrogens with one attached hydrogen (secondary N) is 1. The number of hydrogen-bond donors (Lipinski definition) is 2. The molecule has 0 rings (SSSR count). The molecule has 0 aliphatic heterocycles. The molecule has 0 bridgehead atoms. The van der Waals surface area contributed by atoms with Gasteiger partial charge < -0.3 is 11.1 Å². The molecule has 12 heavy (non-hydrogen) atoms. The van der Waals surface area contributed by atoms with E-state index in [1.165, 1.54) is 0 Å².